The van der Waals surface area contributed by atoms with Crippen molar-refractivity contribution in [3.8, 4) is 5.75 Å². The highest BCUT2D eigenvalue weighted by molar-refractivity contribution is 5.92. The fourth-order valence-corrected chi connectivity index (χ4v) is 1.66. The summed E-state index contributed by atoms with van der Waals surface area (Å²) in [5.74, 6) is 1.23. The standard InChI is InChI=1S/C13H17N5O2/c1-18-9-15-12(17-18)7-14-8-13(19)16-10-4-3-5-11(6-10)20-2/h3-6,9,14H,7-8H2,1-2H3,(H,16,19). The van der Waals surface area contributed by atoms with Crippen LogP contribution in [0.5, 0.6) is 5.75 Å². The third-order valence-corrected chi connectivity index (χ3v) is 2.57. The van der Waals surface area contributed by atoms with Crippen LogP contribution in [0.25, 0.3) is 0 Å². The molecule has 0 atom stereocenters. The van der Waals surface area contributed by atoms with Crippen LogP contribution >= 0.6 is 0 Å². The van der Waals surface area contributed by atoms with Gasteiger partial charge in [0.05, 0.1) is 20.2 Å². The number of benzene rings is 1. The van der Waals surface area contributed by atoms with Crippen molar-refractivity contribution in [3.63, 3.8) is 0 Å². The molecule has 7 nitrogen and oxygen atoms in total. The van der Waals surface area contributed by atoms with Crippen molar-refractivity contribution in [2.24, 2.45) is 7.05 Å². The molecule has 0 saturated heterocycles. The second-order valence-corrected chi connectivity index (χ2v) is 4.22. The van der Waals surface area contributed by atoms with E-state index >= 15 is 0 Å². The summed E-state index contributed by atoms with van der Waals surface area (Å²) in [6, 6.07) is 7.21. The van der Waals surface area contributed by atoms with Crippen molar-refractivity contribution >= 4 is 11.6 Å². The van der Waals surface area contributed by atoms with Gasteiger partial charge in [-0.2, -0.15) is 5.10 Å². The van der Waals surface area contributed by atoms with Crippen molar-refractivity contribution < 1.29 is 9.53 Å². The number of ether oxygens (including phenoxy) is 1. The molecular weight excluding hydrogens is 258 g/mol. The van der Waals surface area contributed by atoms with E-state index in [2.05, 4.69) is 20.7 Å². The van der Waals surface area contributed by atoms with Crippen molar-refractivity contribution in [1.29, 1.82) is 0 Å². The highest BCUT2D eigenvalue weighted by atomic mass is 16.5. The number of carbonyl (C=O) groups is 1. The molecule has 0 radical (unpaired) electrons. The number of aromatic nitrogens is 3. The number of nitrogens with zero attached hydrogens (tertiary/aromatic N) is 3. The van der Waals surface area contributed by atoms with Crippen LogP contribution in [0.4, 0.5) is 5.69 Å². The van der Waals surface area contributed by atoms with Crippen molar-refractivity contribution in [2.75, 3.05) is 19.0 Å². The first-order valence-corrected chi connectivity index (χ1v) is 6.16. The molecule has 20 heavy (non-hydrogen) atoms. The summed E-state index contributed by atoms with van der Waals surface area (Å²) in [6.07, 6.45) is 1.62. The first-order valence-electron chi connectivity index (χ1n) is 6.16. The van der Waals surface area contributed by atoms with Crippen molar-refractivity contribution in [1.82, 2.24) is 20.1 Å². The number of hydrogen-bond acceptors (Lipinski definition) is 5. The van der Waals surface area contributed by atoms with Gasteiger partial charge in [0.25, 0.3) is 0 Å². The van der Waals surface area contributed by atoms with E-state index in [9.17, 15) is 4.79 Å². The molecule has 0 unspecified atom stereocenters. The van der Waals surface area contributed by atoms with Crippen LogP contribution < -0.4 is 15.4 Å². The predicted octanol–water partition coefficient (Wildman–Crippen LogP) is 0.552. The van der Waals surface area contributed by atoms with E-state index in [0.29, 0.717) is 23.8 Å². The molecule has 1 heterocycles. The van der Waals surface area contributed by atoms with Crippen LogP contribution in [-0.4, -0.2) is 34.3 Å². The molecule has 1 aromatic heterocycles. The predicted molar refractivity (Wildman–Crippen MR) is 74.3 cm³/mol. The molecule has 1 amide bonds. The highest BCUT2D eigenvalue weighted by Crippen LogP contribution is 2.16. The number of amides is 1. The Morgan fingerprint density at radius 1 is 1.45 bits per heavy atom. The Labute approximate surface area is 117 Å². The lowest BCUT2D eigenvalue weighted by Gasteiger charge is -2.07. The Balaban J connectivity index is 1.77. The normalized spacial score (nSPS) is 10.3. The molecule has 106 valence electrons. The lowest BCUT2D eigenvalue weighted by atomic mass is 10.3. The van der Waals surface area contributed by atoms with E-state index in [1.807, 2.05) is 12.1 Å². The second kappa shape index (κ2) is 6.67. The SMILES string of the molecule is COc1cccc(NC(=O)CNCc2ncn(C)n2)c1. The first-order chi connectivity index (χ1) is 9.67. The smallest absolute Gasteiger partial charge is 0.238 e. The number of rotatable bonds is 6. The van der Waals surface area contributed by atoms with E-state index in [4.69, 9.17) is 4.74 Å². The molecule has 1 aromatic carbocycles. The average molecular weight is 275 g/mol. The van der Waals surface area contributed by atoms with Crippen LogP contribution in [0, 0.1) is 0 Å². The molecule has 2 N–H and O–H groups in total. The van der Waals surface area contributed by atoms with Gasteiger partial charge >= 0.3 is 0 Å². The van der Waals surface area contributed by atoms with Crippen LogP contribution in [0.1, 0.15) is 5.82 Å². The topological polar surface area (TPSA) is 81.1 Å². The Hall–Kier alpha value is -2.41. The minimum atomic E-state index is -0.130. The van der Waals surface area contributed by atoms with Gasteiger partial charge in [0.1, 0.15) is 12.1 Å². The summed E-state index contributed by atoms with van der Waals surface area (Å²) in [5.41, 5.74) is 0.701. The number of methoxy groups -OCH3 is 1. The lowest BCUT2D eigenvalue weighted by molar-refractivity contribution is -0.115. The van der Waals surface area contributed by atoms with Gasteiger partial charge in [-0.05, 0) is 12.1 Å². The number of aryl methyl sites for hydroxylation is 1. The summed E-state index contributed by atoms with van der Waals surface area (Å²) >= 11 is 0. The van der Waals surface area contributed by atoms with Crippen molar-refractivity contribution in [3.05, 3.63) is 36.4 Å². The van der Waals surface area contributed by atoms with Gasteiger partial charge in [-0.3, -0.25) is 9.48 Å². The summed E-state index contributed by atoms with van der Waals surface area (Å²) in [6.45, 7) is 0.641. The number of hydrogen-bond donors (Lipinski definition) is 2. The fraction of sp³-hybridized carbons (Fsp3) is 0.308. The second-order valence-electron chi connectivity index (χ2n) is 4.22. The maximum absolute atomic E-state index is 11.7. The van der Waals surface area contributed by atoms with Gasteiger partial charge in [-0.1, -0.05) is 6.07 Å². The highest BCUT2D eigenvalue weighted by Gasteiger charge is 2.04. The Morgan fingerprint density at radius 2 is 2.30 bits per heavy atom. The van der Waals surface area contributed by atoms with Crippen LogP contribution in [0.2, 0.25) is 0 Å². The van der Waals surface area contributed by atoms with Crippen LogP contribution in [0.3, 0.4) is 0 Å². The zero-order valence-electron chi connectivity index (χ0n) is 11.5. The quantitative estimate of drug-likeness (QED) is 0.804. The monoisotopic (exact) mass is 275 g/mol. The van der Waals surface area contributed by atoms with E-state index in [0.717, 1.165) is 0 Å². The van der Waals surface area contributed by atoms with Gasteiger partial charge in [0.15, 0.2) is 5.82 Å². The Morgan fingerprint density at radius 3 is 3.00 bits per heavy atom. The zero-order chi connectivity index (χ0) is 14.4. The van der Waals surface area contributed by atoms with Gasteiger partial charge in [0.2, 0.25) is 5.91 Å². The number of carbonyl (C=O) groups excluding carboxylic acids is 1. The summed E-state index contributed by atoms with van der Waals surface area (Å²) < 4.78 is 6.71. The Kier molecular flexibility index (Phi) is 4.67. The van der Waals surface area contributed by atoms with Crippen molar-refractivity contribution in [2.45, 2.75) is 6.54 Å². The van der Waals surface area contributed by atoms with E-state index in [1.165, 1.54) is 0 Å². The molecule has 0 aliphatic heterocycles. The van der Waals surface area contributed by atoms with Crippen LogP contribution in [-0.2, 0) is 18.4 Å². The third kappa shape index (κ3) is 4.06. The molecule has 0 bridgehead atoms. The van der Waals surface area contributed by atoms with Gasteiger partial charge < -0.3 is 15.4 Å². The number of nitrogens with one attached hydrogen (secondary N) is 2. The molecule has 0 spiro atoms. The Bertz CT molecular complexity index is 582. The van der Waals surface area contributed by atoms with Gasteiger partial charge in [0, 0.05) is 18.8 Å². The molecule has 2 rings (SSSR count). The maximum atomic E-state index is 11.7. The molecule has 0 aliphatic rings. The number of anilines is 1. The molecule has 0 saturated carbocycles. The van der Waals surface area contributed by atoms with Crippen LogP contribution in [0.15, 0.2) is 30.6 Å². The minimum Gasteiger partial charge on any atom is -0.497 e. The summed E-state index contributed by atoms with van der Waals surface area (Å²) in [7, 11) is 3.38. The molecular formula is C13H17N5O2. The fourth-order valence-electron chi connectivity index (χ4n) is 1.66. The summed E-state index contributed by atoms with van der Waals surface area (Å²) in [5, 5.41) is 9.87. The maximum Gasteiger partial charge on any atom is 0.238 e. The van der Waals surface area contributed by atoms with E-state index < -0.39 is 0 Å². The largest absolute Gasteiger partial charge is 0.497 e. The molecule has 7 heteroatoms. The minimum absolute atomic E-state index is 0.130. The van der Waals surface area contributed by atoms with Gasteiger partial charge in [-0.25, -0.2) is 4.98 Å². The zero-order valence-corrected chi connectivity index (χ0v) is 11.5. The molecule has 2 aromatic rings. The molecule has 0 fully saturated rings. The molecule has 0 aliphatic carbocycles. The van der Waals surface area contributed by atoms with E-state index in [-0.39, 0.29) is 12.5 Å². The van der Waals surface area contributed by atoms with Gasteiger partial charge in [-0.15, -0.1) is 0 Å². The average Bonchev–Trinajstić information content (AvgIpc) is 2.84. The lowest BCUT2D eigenvalue weighted by Crippen LogP contribution is -2.28. The van der Waals surface area contributed by atoms with E-state index in [1.54, 1.807) is 37.3 Å². The third-order valence-electron chi connectivity index (χ3n) is 2.57. The summed E-state index contributed by atoms with van der Waals surface area (Å²) in [4.78, 5) is 15.8. The first kappa shape index (κ1) is 14.0.